The second-order valence-corrected chi connectivity index (χ2v) is 5.54. The highest BCUT2D eigenvalue weighted by atomic mass is 32.2. The lowest BCUT2D eigenvalue weighted by Crippen LogP contribution is -1.94. The highest BCUT2D eigenvalue weighted by Gasteiger charge is 2.20. The third-order valence-corrected chi connectivity index (χ3v) is 4.18. The molecule has 2 heterocycles. The van der Waals surface area contributed by atoms with Crippen LogP contribution in [0.1, 0.15) is 43.1 Å². The molecule has 0 amide bonds. The predicted molar refractivity (Wildman–Crippen MR) is 71.4 cm³/mol. The Morgan fingerprint density at radius 3 is 2.94 bits per heavy atom. The molecule has 2 aromatic rings. The Labute approximate surface area is 111 Å². The van der Waals surface area contributed by atoms with E-state index < -0.39 is 0 Å². The first-order chi connectivity index (χ1) is 8.92. The summed E-state index contributed by atoms with van der Waals surface area (Å²) in [6, 6.07) is 5.96. The van der Waals surface area contributed by atoms with Crippen LogP contribution in [0.4, 0.5) is 0 Å². The molecule has 1 aliphatic rings. The van der Waals surface area contributed by atoms with E-state index >= 15 is 0 Å². The average Bonchev–Trinajstić information content (AvgIpc) is 3.08. The molecule has 1 N–H and O–H groups in total. The van der Waals surface area contributed by atoms with Crippen molar-refractivity contribution < 1.29 is 0 Å². The van der Waals surface area contributed by atoms with Crippen molar-refractivity contribution in [3.8, 4) is 0 Å². The third-order valence-electron chi connectivity index (χ3n) is 3.30. The van der Waals surface area contributed by atoms with Gasteiger partial charge in [0.2, 0.25) is 5.16 Å². The number of pyridine rings is 1. The molecule has 94 valence electrons. The second kappa shape index (κ2) is 5.52. The van der Waals surface area contributed by atoms with Gasteiger partial charge in [0.05, 0.1) is 5.69 Å². The molecule has 0 spiro atoms. The lowest BCUT2D eigenvalue weighted by molar-refractivity contribution is 0.671. The van der Waals surface area contributed by atoms with Gasteiger partial charge in [-0.3, -0.25) is 10.1 Å². The van der Waals surface area contributed by atoms with Gasteiger partial charge in [0.25, 0.3) is 0 Å². The number of H-pyrrole nitrogens is 1. The monoisotopic (exact) mass is 260 g/mol. The highest BCUT2D eigenvalue weighted by molar-refractivity contribution is 7.98. The normalized spacial score (nSPS) is 16.2. The summed E-state index contributed by atoms with van der Waals surface area (Å²) in [6.45, 7) is 0. The number of aromatic nitrogens is 4. The quantitative estimate of drug-likeness (QED) is 0.858. The Balaban J connectivity index is 1.60. The van der Waals surface area contributed by atoms with E-state index in [1.807, 2.05) is 24.4 Å². The Hall–Kier alpha value is -1.36. The van der Waals surface area contributed by atoms with Gasteiger partial charge in [0, 0.05) is 17.9 Å². The van der Waals surface area contributed by atoms with Gasteiger partial charge in [-0.2, -0.15) is 0 Å². The molecule has 1 aliphatic carbocycles. The fourth-order valence-electron chi connectivity index (χ4n) is 2.33. The van der Waals surface area contributed by atoms with E-state index in [0.717, 1.165) is 22.4 Å². The Morgan fingerprint density at radius 2 is 2.17 bits per heavy atom. The summed E-state index contributed by atoms with van der Waals surface area (Å²) < 4.78 is 0. The maximum atomic E-state index is 4.58. The minimum atomic E-state index is 0.599. The van der Waals surface area contributed by atoms with Crippen molar-refractivity contribution in [1.82, 2.24) is 20.2 Å². The lowest BCUT2D eigenvalue weighted by Gasteiger charge is -2.01. The standard InChI is InChI=1S/C13H16N4S/c1-2-6-10(5-1)12-15-13(17-16-12)18-9-11-7-3-4-8-14-11/h3-4,7-8,10H,1-2,5-6,9H2,(H,15,16,17). The van der Waals surface area contributed by atoms with Crippen LogP contribution in [0.25, 0.3) is 0 Å². The number of rotatable bonds is 4. The number of hydrogen-bond acceptors (Lipinski definition) is 4. The van der Waals surface area contributed by atoms with Crippen LogP contribution in [0.3, 0.4) is 0 Å². The minimum absolute atomic E-state index is 0.599. The van der Waals surface area contributed by atoms with Crippen LogP contribution >= 0.6 is 11.8 Å². The molecular formula is C13H16N4S. The minimum Gasteiger partial charge on any atom is -0.262 e. The zero-order valence-corrected chi connectivity index (χ0v) is 11.0. The summed E-state index contributed by atoms with van der Waals surface area (Å²) in [5.41, 5.74) is 1.06. The van der Waals surface area contributed by atoms with Gasteiger partial charge in [0.1, 0.15) is 5.82 Å². The first-order valence-electron chi connectivity index (χ1n) is 6.37. The molecule has 0 bridgehead atoms. The van der Waals surface area contributed by atoms with E-state index in [1.54, 1.807) is 11.8 Å². The summed E-state index contributed by atoms with van der Waals surface area (Å²) in [7, 11) is 0. The zero-order valence-electron chi connectivity index (χ0n) is 10.2. The maximum Gasteiger partial charge on any atom is 0.208 e. The molecule has 0 aliphatic heterocycles. The Morgan fingerprint density at radius 1 is 1.28 bits per heavy atom. The maximum absolute atomic E-state index is 4.58. The van der Waals surface area contributed by atoms with E-state index in [4.69, 9.17) is 0 Å². The van der Waals surface area contributed by atoms with Crippen LogP contribution in [0.2, 0.25) is 0 Å². The molecule has 3 rings (SSSR count). The van der Waals surface area contributed by atoms with E-state index in [1.165, 1.54) is 25.7 Å². The smallest absolute Gasteiger partial charge is 0.208 e. The van der Waals surface area contributed by atoms with Gasteiger partial charge < -0.3 is 0 Å². The summed E-state index contributed by atoms with van der Waals surface area (Å²) in [5.74, 6) is 2.49. The third kappa shape index (κ3) is 2.72. The molecule has 0 unspecified atom stereocenters. The Bertz CT molecular complexity index is 491. The summed E-state index contributed by atoms with van der Waals surface area (Å²) in [6.07, 6.45) is 6.96. The molecule has 4 nitrogen and oxygen atoms in total. The van der Waals surface area contributed by atoms with Crippen molar-refractivity contribution in [2.75, 3.05) is 0 Å². The molecule has 18 heavy (non-hydrogen) atoms. The highest BCUT2D eigenvalue weighted by Crippen LogP contribution is 2.32. The molecule has 1 fully saturated rings. The SMILES string of the molecule is c1ccc(CSc2n[nH]c(C3CCCC3)n2)nc1. The van der Waals surface area contributed by atoms with E-state index in [2.05, 4.69) is 20.2 Å². The molecule has 1 saturated carbocycles. The van der Waals surface area contributed by atoms with E-state index in [0.29, 0.717) is 5.92 Å². The van der Waals surface area contributed by atoms with Crippen LogP contribution in [-0.4, -0.2) is 20.2 Å². The topological polar surface area (TPSA) is 54.5 Å². The van der Waals surface area contributed by atoms with Crippen LogP contribution in [0.5, 0.6) is 0 Å². The summed E-state index contributed by atoms with van der Waals surface area (Å²) in [4.78, 5) is 8.87. The lowest BCUT2D eigenvalue weighted by atomic mass is 10.1. The Kier molecular flexibility index (Phi) is 3.59. The van der Waals surface area contributed by atoms with Crippen LogP contribution < -0.4 is 0 Å². The number of hydrogen-bond donors (Lipinski definition) is 1. The van der Waals surface area contributed by atoms with Gasteiger partial charge in [-0.05, 0) is 25.0 Å². The van der Waals surface area contributed by atoms with Crippen molar-refractivity contribution in [3.05, 3.63) is 35.9 Å². The fourth-order valence-corrected chi connectivity index (χ4v) is 3.05. The van der Waals surface area contributed by atoms with Gasteiger partial charge in [-0.25, -0.2) is 4.98 Å². The molecule has 0 aromatic carbocycles. The molecule has 5 heteroatoms. The first-order valence-corrected chi connectivity index (χ1v) is 7.35. The van der Waals surface area contributed by atoms with Crippen molar-refractivity contribution in [2.24, 2.45) is 0 Å². The van der Waals surface area contributed by atoms with Crippen molar-refractivity contribution >= 4 is 11.8 Å². The van der Waals surface area contributed by atoms with Crippen molar-refractivity contribution in [2.45, 2.75) is 42.5 Å². The van der Waals surface area contributed by atoms with E-state index in [9.17, 15) is 0 Å². The first kappa shape index (κ1) is 11.7. The van der Waals surface area contributed by atoms with Crippen LogP contribution in [-0.2, 0) is 5.75 Å². The van der Waals surface area contributed by atoms with Gasteiger partial charge in [-0.15, -0.1) is 5.10 Å². The molecule has 2 aromatic heterocycles. The number of nitrogens with zero attached hydrogens (tertiary/aromatic N) is 3. The number of nitrogens with one attached hydrogen (secondary N) is 1. The average molecular weight is 260 g/mol. The molecule has 0 atom stereocenters. The molecule has 0 radical (unpaired) electrons. The predicted octanol–water partition coefficient (Wildman–Crippen LogP) is 3.15. The fraction of sp³-hybridized carbons (Fsp3) is 0.462. The second-order valence-electron chi connectivity index (χ2n) is 4.59. The summed E-state index contributed by atoms with van der Waals surface area (Å²) >= 11 is 1.64. The summed E-state index contributed by atoms with van der Waals surface area (Å²) in [5, 5.41) is 8.19. The van der Waals surface area contributed by atoms with Crippen LogP contribution in [0.15, 0.2) is 29.6 Å². The van der Waals surface area contributed by atoms with Gasteiger partial charge in [0.15, 0.2) is 0 Å². The number of thioether (sulfide) groups is 1. The van der Waals surface area contributed by atoms with Crippen molar-refractivity contribution in [1.29, 1.82) is 0 Å². The zero-order chi connectivity index (χ0) is 12.2. The van der Waals surface area contributed by atoms with E-state index in [-0.39, 0.29) is 0 Å². The van der Waals surface area contributed by atoms with Gasteiger partial charge >= 0.3 is 0 Å². The number of aromatic amines is 1. The van der Waals surface area contributed by atoms with Gasteiger partial charge in [-0.1, -0.05) is 30.7 Å². The largest absolute Gasteiger partial charge is 0.262 e. The van der Waals surface area contributed by atoms with Crippen molar-refractivity contribution in [3.63, 3.8) is 0 Å². The molecule has 0 saturated heterocycles. The molecular weight excluding hydrogens is 244 g/mol. The van der Waals surface area contributed by atoms with Crippen LogP contribution in [0, 0.1) is 0 Å².